The number of hydrogen-bond donors (Lipinski definition) is 3. The fraction of sp³-hybridized carbons (Fsp3) is 0. The van der Waals surface area contributed by atoms with Crippen LogP contribution in [0.1, 0.15) is 0 Å². The highest BCUT2D eigenvalue weighted by molar-refractivity contribution is 5.85. The average molecular weight is 203 g/mol. The zero-order valence-corrected chi connectivity index (χ0v) is 7.67. The van der Waals surface area contributed by atoms with Gasteiger partial charge in [0.15, 0.2) is 5.75 Å². The van der Waals surface area contributed by atoms with Gasteiger partial charge >= 0.3 is 0 Å². The zero-order chi connectivity index (χ0) is 9.14. The third kappa shape index (κ3) is 3.13. The predicted molar refractivity (Wildman–Crippen MR) is 54.9 cm³/mol. The minimum absolute atomic E-state index is 0. The Bertz CT molecular complexity index is 315. The fourth-order valence-corrected chi connectivity index (χ4v) is 0.787. The van der Waals surface area contributed by atoms with Gasteiger partial charge in [-0.25, -0.2) is 0 Å². The van der Waals surface area contributed by atoms with Crippen LogP contribution in [0.5, 0.6) is 5.75 Å². The molecule has 4 nitrogen and oxygen atoms in total. The second-order valence-electron chi connectivity index (χ2n) is 2.29. The van der Waals surface area contributed by atoms with Gasteiger partial charge < -0.3 is 21.3 Å². The van der Waals surface area contributed by atoms with E-state index in [1.807, 2.05) is 0 Å². The van der Waals surface area contributed by atoms with E-state index >= 15 is 0 Å². The first-order chi connectivity index (χ1) is 5.59. The van der Waals surface area contributed by atoms with Crippen LogP contribution in [-0.4, -0.2) is 5.11 Å². The van der Waals surface area contributed by atoms with E-state index < -0.39 is 5.95 Å². The normalized spacial score (nSPS) is 8.62. The largest absolute Gasteiger partial charge is 0.481 e. The molecule has 72 valence electrons. The molecule has 0 aliphatic carbocycles. The molecular weight excluding hydrogens is 192 g/mol. The summed E-state index contributed by atoms with van der Waals surface area (Å²) >= 11 is 0. The van der Waals surface area contributed by atoms with E-state index in [9.17, 15) is 0 Å². The summed E-state index contributed by atoms with van der Waals surface area (Å²) in [5.74, 6) is -0.0526. The molecule has 0 radical (unpaired) electrons. The Labute approximate surface area is 82.2 Å². The number of halogens is 1. The number of anilines is 2. The molecule has 0 spiro atoms. The summed E-state index contributed by atoms with van der Waals surface area (Å²) in [5.41, 5.74) is 11.9. The quantitative estimate of drug-likeness (QED) is 0.504. The molecule has 0 aliphatic rings. The van der Waals surface area contributed by atoms with Crippen molar-refractivity contribution in [2.75, 3.05) is 11.5 Å². The molecule has 0 saturated carbocycles. The van der Waals surface area contributed by atoms with Gasteiger partial charge in [-0.05, 0) is 24.8 Å². The van der Waals surface area contributed by atoms with Gasteiger partial charge in [-0.1, -0.05) is 0 Å². The molecular formula is C8H11ClN2O2. The Morgan fingerprint density at radius 1 is 1.38 bits per heavy atom. The Balaban J connectivity index is 0.00000144. The summed E-state index contributed by atoms with van der Waals surface area (Å²) in [6, 6.07) is 4.72. The van der Waals surface area contributed by atoms with Crippen LogP contribution in [0.25, 0.3) is 0 Å². The van der Waals surface area contributed by atoms with E-state index in [-0.39, 0.29) is 12.4 Å². The number of rotatable bonds is 2. The molecule has 0 aliphatic heterocycles. The molecule has 0 atom stereocenters. The number of benzene rings is 1. The van der Waals surface area contributed by atoms with E-state index in [0.717, 1.165) is 0 Å². The van der Waals surface area contributed by atoms with Crippen molar-refractivity contribution in [1.29, 1.82) is 0 Å². The van der Waals surface area contributed by atoms with E-state index in [4.69, 9.17) is 21.3 Å². The van der Waals surface area contributed by atoms with Crippen LogP contribution in [-0.2, 0) is 0 Å². The van der Waals surface area contributed by atoms with E-state index in [1.165, 1.54) is 6.07 Å². The first kappa shape index (κ1) is 11.4. The molecule has 0 saturated heterocycles. The van der Waals surface area contributed by atoms with Crippen molar-refractivity contribution in [2.45, 2.75) is 0 Å². The molecule has 1 rings (SSSR count). The third-order valence-electron chi connectivity index (χ3n) is 1.26. The zero-order valence-electron chi connectivity index (χ0n) is 6.86. The van der Waals surface area contributed by atoms with Crippen LogP contribution in [0.15, 0.2) is 30.7 Å². The lowest BCUT2D eigenvalue weighted by atomic mass is 10.2. The highest BCUT2D eigenvalue weighted by Crippen LogP contribution is 2.24. The van der Waals surface area contributed by atoms with Crippen LogP contribution in [0.4, 0.5) is 11.4 Å². The van der Waals surface area contributed by atoms with Gasteiger partial charge in [-0.2, -0.15) is 0 Å². The number of aliphatic hydroxyl groups excluding tert-OH is 1. The van der Waals surface area contributed by atoms with Crippen LogP contribution >= 0.6 is 12.4 Å². The predicted octanol–water partition coefficient (Wildman–Crippen LogP) is 1.68. The molecule has 1 aromatic rings. The Kier molecular flexibility index (Phi) is 3.94. The van der Waals surface area contributed by atoms with Gasteiger partial charge in [-0.15, -0.1) is 12.4 Å². The van der Waals surface area contributed by atoms with Gasteiger partial charge in [0, 0.05) is 5.69 Å². The van der Waals surface area contributed by atoms with E-state index in [2.05, 4.69) is 6.58 Å². The van der Waals surface area contributed by atoms with Crippen molar-refractivity contribution in [3.05, 3.63) is 30.7 Å². The average Bonchev–Trinajstić information content (AvgIpc) is 1.94. The Morgan fingerprint density at radius 3 is 2.46 bits per heavy atom. The lowest BCUT2D eigenvalue weighted by Crippen LogP contribution is -1.97. The maximum absolute atomic E-state index is 8.70. The van der Waals surface area contributed by atoms with Gasteiger partial charge in [-0.3, -0.25) is 0 Å². The van der Waals surface area contributed by atoms with Crippen LogP contribution in [0.3, 0.4) is 0 Å². The highest BCUT2D eigenvalue weighted by atomic mass is 35.5. The molecule has 13 heavy (non-hydrogen) atoms. The number of nitrogens with two attached hydrogens (primary N) is 2. The molecule has 0 unspecified atom stereocenters. The summed E-state index contributed by atoms with van der Waals surface area (Å²) in [6.45, 7) is 3.16. The van der Waals surface area contributed by atoms with Crippen LogP contribution in [0.2, 0.25) is 0 Å². The maximum atomic E-state index is 8.70. The van der Waals surface area contributed by atoms with Crippen LogP contribution in [0, 0.1) is 0 Å². The number of nitrogen functional groups attached to an aromatic ring is 2. The van der Waals surface area contributed by atoms with Gasteiger partial charge in [0.2, 0.25) is 0 Å². The van der Waals surface area contributed by atoms with Crippen molar-refractivity contribution in [3.63, 3.8) is 0 Å². The van der Waals surface area contributed by atoms with Crippen LogP contribution < -0.4 is 16.2 Å². The minimum atomic E-state index is -0.397. The molecule has 5 heteroatoms. The highest BCUT2D eigenvalue weighted by Gasteiger charge is 2.00. The second kappa shape index (κ2) is 4.47. The van der Waals surface area contributed by atoms with E-state index in [1.54, 1.807) is 12.1 Å². The first-order valence-corrected chi connectivity index (χ1v) is 3.30. The third-order valence-corrected chi connectivity index (χ3v) is 1.26. The van der Waals surface area contributed by atoms with Crippen molar-refractivity contribution < 1.29 is 9.84 Å². The number of aliphatic hydroxyl groups is 1. The molecule has 1 aromatic carbocycles. The maximum Gasteiger partial charge on any atom is 0.274 e. The number of hydrogen-bond acceptors (Lipinski definition) is 4. The summed E-state index contributed by atoms with van der Waals surface area (Å²) in [6.07, 6.45) is 0. The first-order valence-electron chi connectivity index (χ1n) is 3.30. The lowest BCUT2D eigenvalue weighted by molar-refractivity contribution is 0.212. The number of ether oxygens (including phenoxy) is 1. The van der Waals surface area contributed by atoms with Crippen molar-refractivity contribution in [2.24, 2.45) is 0 Å². The Hall–Kier alpha value is -1.55. The smallest absolute Gasteiger partial charge is 0.274 e. The van der Waals surface area contributed by atoms with E-state index in [0.29, 0.717) is 17.1 Å². The summed E-state index contributed by atoms with van der Waals surface area (Å²) < 4.78 is 4.78. The second-order valence-corrected chi connectivity index (χ2v) is 2.29. The molecule has 0 fully saturated rings. The van der Waals surface area contributed by atoms with Crippen molar-refractivity contribution >= 4 is 23.8 Å². The fourth-order valence-electron chi connectivity index (χ4n) is 0.787. The molecule has 0 amide bonds. The molecule has 0 aromatic heterocycles. The summed E-state index contributed by atoms with van der Waals surface area (Å²) in [5, 5.41) is 8.70. The topological polar surface area (TPSA) is 81.5 Å². The minimum Gasteiger partial charge on any atom is -0.481 e. The van der Waals surface area contributed by atoms with Gasteiger partial charge in [0.1, 0.15) is 0 Å². The monoisotopic (exact) mass is 202 g/mol. The van der Waals surface area contributed by atoms with Gasteiger partial charge in [0.25, 0.3) is 5.95 Å². The molecule has 5 N–H and O–H groups in total. The van der Waals surface area contributed by atoms with Crippen molar-refractivity contribution in [1.82, 2.24) is 0 Å². The lowest BCUT2D eigenvalue weighted by Gasteiger charge is -2.06. The summed E-state index contributed by atoms with van der Waals surface area (Å²) in [4.78, 5) is 0. The summed E-state index contributed by atoms with van der Waals surface area (Å²) in [7, 11) is 0. The van der Waals surface area contributed by atoms with Crippen molar-refractivity contribution in [3.8, 4) is 5.75 Å². The standard InChI is InChI=1S/C8H10N2O2.ClH/c1-5(11)12-8-3-2-6(9)4-7(8)10;/h2-4,11H,1,9-10H2;1H. The molecule has 0 heterocycles. The Morgan fingerprint density at radius 2 is 2.00 bits per heavy atom. The van der Waals surface area contributed by atoms with Gasteiger partial charge in [0.05, 0.1) is 5.69 Å². The molecule has 0 bridgehead atoms. The SMILES string of the molecule is C=C(O)Oc1ccc(N)cc1N.Cl.